The fourth-order valence-corrected chi connectivity index (χ4v) is 4.88. The number of ether oxygens (including phenoxy) is 1. The normalized spacial score (nSPS) is 14.7. The zero-order valence-corrected chi connectivity index (χ0v) is 21.3. The van der Waals surface area contributed by atoms with Crippen molar-refractivity contribution in [3.8, 4) is 11.5 Å². The second kappa shape index (κ2) is 12.3. The fraction of sp³-hybridized carbons (Fsp3) is 0.478. The van der Waals surface area contributed by atoms with Gasteiger partial charge < -0.3 is 10.1 Å². The zero-order chi connectivity index (χ0) is 22.1. The maximum absolute atomic E-state index is 11.7. The van der Waals surface area contributed by atoms with Gasteiger partial charge in [0.1, 0.15) is 5.75 Å². The molecule has 0 saturated heterocycles. The highest BCUT2D eigenvalue weighted by Gasteiger charge is 2.23. The monoisotopic (exact) mass is 541 g/mol. The molecule has 164 valence electrons. The molecule has 0 bridgehead atoms. The molecule has 5 nitrogen and oxygen atoms in total. The number of hydrogen-bond acceptors (Lipinski definition) is 4. The number of fused-ring (bicyclic) bond motifs is 1. The van der Waals surface area contributed by atoms with Gasteiger partial charge in [-0.3, -0.25) is 0 Å². The summed E-state index contributed by atoms with van der Waals surface area (Å²) in [5, 5.41) is 3.49. The Kier molecular flexibility index (Phi) is 10.1. The van der Waals surface area contributed by atoms with Gasteiger partial charge in [0.05, 0.1) is 13.9 Å². The molecule has 0 spiro atoms. The van der Waals surface area contributed by atoms with Crippen molar-refractivity contribution in [3.05, 3.63) is 49.7 Å². The highest BCUT2D eigenvalue weighted by molar-refractivity contribution is 9.11. The molecule has 0 radical (unpaired) electrons. The smallest absolute Gasteiger partial charge is 0.319 e. The van der Waals surface area contributed by atoms with Gasteiger partial charge in [-0.1, -0.05) is 40.0 Å². The van der Waals surface area contributed by atoms with Crippen molar-refractivity contribution in [2.75, 3.05) is 19.0 Å². The maximum atomic E-state index is 11.7. The van der Waals surface area contributed by atoms with Crippen LogP contribution in [-0.2, 0) is 4.84 Å². The van der Waals surface area contributed by atoms with Gasteiger partial charge in [0.25, 0.3) is 4.92 Å². The highest BCUT2D eigenvalue weighted by Crippen LogP contribution is 2.42. The van der Waals surface area contributed by atoms with Crippen molar-refractivity contribution in [2.24, 2.45) is 0 Å². The van der Waals surface area contributed by atoms with Crippen molar-refractivity contribution in [1.29, 1.82) is 0 Å². The molecular formula is C23H31Br2N2O3+. The third-order valence-electron chi connectivity index (χ3n) is 5.01. The molecule has 1 aliphatic rings. The second-order valence-corrected chi connectivity index (χ2v) is 8.65. The molecule has 1 aliphatic heterocycles. The number of anilines is 1. The van der Waals surface area contributed by atoms with E-state index in [2.05, 4.69) is 56.2 Å². The van der Waals surface area contributed by atoms with Crippen LogP contribution < -0.4 is 10.1 Å². The third-order valence-corrected chi connectivity index (χ3v) is 6.18. The van der Waals surface area contributed by atoms with Crippen LogP contribution in [0.3, 0.4) is 0 Å². The lowest BCUT2D eigenvalue weighted by Gasteiger charge is -2.27. The number of rotatable bonds is 8. The number of benzene rings is 2. The zero-order valence-electron chi connectivity index (χ0n) is 18.1. The number of hydrogen-bond donors (Lipinski definition) is 1. The molecule has 2 aromatic carbocycles. The standard InChI is InChI=1S/C21H25Br2N2O3.C2H6/c1-3-4-5-6-14-9-10-24-20-8-7-16(13-17(14)20)28-21-18(22)11-15(12-19(21)23)25(26)27-2;1-2/h7-8,11-14,24H,3-6,9-10H2,1-2H3;1-2H3/q+1;. The number of halogens is 2. The van der Waals surface area contributed by atoms with E-state index < -0.39 is 0 Å². The lowest BCUT2D eigenvalue weighted by molar-refractivity contribution is -0.736. The van der Waals surface area contributed by atoms with E-state index in [0.717, 1.165) is 18.7 Å². The summed E-state index contributed by atoms with van der Waals surface area (Å²) >= 11 is 6.99. The molecule has 0 amide bonds. The van der Waals surface area contributed by atoms with Crippen LogP contribution in [0, 0.1) is 4.91 Å². The Labute approximate surface area is 196 Å². The SMILES string of the molecule is CC.CCCCCC1CCNc2ccc(Oc3c(Br)cc([N+](=O)OC)cc3Br)cc21. The van der Waals surface area contributed by atoms with Crippen LogP contribution in [0.5, 0.6) is 11.5 Å². The first kappa shape index (κ1) is 24.7. The van der Waals surface area contributed by atoms with Gasteiger partial charge in [-0.2, -0.15) is 0 Å². The molecule has 0 aromatic heterocycles. The van der Waals surface area contributed by atoms with Crippen LogP contribution in [0.2, 0.25) is 0 Å². The van der Waals surface area contributed by atoms with Crippen LogP contribution in [-0.4, -0.2) is 18.6 Å². The van der Waals surface area contributed by atoms with E-state index in [0.29, 0.717) is 31.2 Å². The summed E-state index contributed by atoms with van der Waals surface area (Å²) in [6.07, 6.45) is 6.14. The van der Waals surface area contributed by atoms with Crippen LogP contribution in [0.15, 0.2) is 39.3 Å². The summed E-state index contributed by atoms with van der Waals surface area (Å²) in [7, 11) is 1.33. The number of nitrogens with one attached hydrogen (secondary N) is 1. The summed E-state index contributed by atoms with van der Waals surface area (Å²) in [6.45, 7) is 7.26. The van der Waals surface area contributed by atoms with Crippen molar-refractivity contribution in [2.45, 2.75) is 58.8 Å². The fourth-order valence-electron chi connectivity index (χ4n) is 3.55. The van der Waals surface area contributed by atoms with Crippen LogP contribution in [0.1, 0.15) is 64.4 Å². The predicted molar refractivity (Wildman–Crippen MR) is 130 cm³/mol. The van der Waals surface area contributed by atoms with E-state index in [4.69, 9.17) is 9.57 Å². The number of unbranched alkanes of at least 4 members (excludes halogenated alkanes) is 2. The van der Waals surface area contributed by atoms with Gasteiger partial charge in [0, 0.05) is 24.4 Å². The van der Waals surface area contributed by atoms with Crippen LogP contribution in [0.4, 0.5) is 11.4 Å². The molecule has 1 N–H and O–H groups in total. The first-order valence-corrected chi connectivity index (χ1v) is 12.2. The Bertz CT molecular complexity index is 835. The quantitative estimate of drug-likeness (QED) is 0.268. The average molecular weight is 543 g/mol. The van der Waals surface area contributed by atoms with E-state index >= 15 is 0 Å². The summed E-state index contributed by atoms with van der Waals surface area (Å²) in [4.78, 5) is 16.9. The Balaban J connectivity index is 0.00000155. The van der Waals surface area contributed by atoms with Gasteiger partial charge in [-0.05, 0) is 74.4 Å². The summed E-state index contributed by atoms with van der Waals surface area (Å²) in [5.74, 6) is 1.97. The van der Waals surface area contributed by atoms with E-state index in [1.165, 1.54) is 44.0 Å². The van der Waals surface area contributed by atoms with Gasteiger partial charge in [0.15, 0.2) is 12.9 Å². The molecule has 2 aromatic rings. The Morgan fingerprint density at radius 3 is 2.47 bits per heavy atom. The van der Waals surface area contributed by atoms with Crippen molar-refractivity contribution in [3.63, 3.8) is 0 Å². The summed E-state index contributed by atoms with van der Waals surface area (Å²) in [6, 6.07) is 9.55. The van der Waals surface area contributed by atoms with E-state index in [1.807, 2.05) is 19.9 Å². The molecule has 1 heterocycles. The topological polar surface area (TPSA) is 50.6 Å². The van der Waals surface area contributed by atoms with Crippen LogP contribution in [0.25, 0.3) is 0 Å². The molecule has 1 atom stereocenters. The van der Waals surface area contributed by atoms with Gasteiger partial charge in [-0.25, -0.2) is 4.84 Å². The molecule has 3 rings (SSSR count). The lowest BCUT2D eigenvalue weighted by atomic mass is 9.86. The average Bonchev–Trinajstić information content (AvgIpc) is 2.77. The molecule has 30 heavy (non-hydrogen) atoms. The lowest BCUT2D eigenvalue weighted by Crippen LogP contribution is -2.16. The molecule has 0 aliphatic carbocycles. The minimum atomic E-state index is 0.374. The molecular weight excluding hydrogens is 512 g/mol. The maximum Gasteiger partial charge on any atom is 0.319 e. The minimum Gasteiger partial charge on any atom is -0.455 e. The largest absolute Gasteiger partial charge is 0.455 e. The summed E-state index contributed by atoms with van der Waals surface area (Å²) in [5.41, 5.74) is 2.91. The van der Waals surface area contributed by atoms with Crippen molar-refractivity contribution < 1.29 is 14.5 Å². The first-order chi connectivity index (χ1) is 14.5. The van der Waals surface area contributed by atoms with Crippen molar-refractivity contribution in [1.82, 2.24) is 0 Å². The summed E-state index contributed by atoms with van der Waals surface area (Å²) < 4.78 is 7.51. The van der Waals surface area contributed by atoms with Crippen molar-refractivity contribution >= 4 is 43.2 Å². The molecule has 1 unspecified atom stereocenters. The van der Waals surface area contributed by atoms with E-state index in [1.54, 1.807) is 12.1 Å². The van der Waals surface area contributed by atoms with E-state index in [9.17, 15) is 4.91 Å². The van der Waals surface area contributed by atoms with E-state index in [-0.39, 0.29) is 0 Å². The minimum absolute atomic E-state index is 0.374. The Morgan fingerprint density at radius 2 is 1.83 bits per heavy atom. The Hall–Kier alpha value is -1.60. The second-order valence-electron chi connectivity index (χ2n) is 6.94. The van der Waals surface area contributed by atoms with Crippen LogP contribution >= 0.6 is 31.9 Å². The van der Waals surface area contributed by atoms with Gasteiger partial charge in [0.2, 0.25) is 0 Å². The Morgan fingerprint density at radius 1 is 1.13 bits per heavy atom. The van der Waals surface area contributed by atoms with Gasteiger partial charge in [-0.15, -0.1) is 0 Å². The molecule has 0 fully saturated rings. The highest BCUT2D eigenvalue weighted by atomic mass is 79.9. The first-order valence-electron chi connectivity index (χ1n) is 10.6. The number of nitrogens with zero attached hydrogens (tertiary/aromatic N) is 1. The predicted octanol–water partition coefficient (Wildman–Crippen LogP) is 8.48. The third kappa shape index (κ3) is 6.20. The van der Waals surface area contributed by atoms with Gasteiger partial charge >= 0.3 is 5.69 Å². The molecule has 0 saturated carbocycles. The molecule has 7 heteroatoms.